The van der Waals surface area contributed by atoms with E-state index in [0.717, 1.165) is 19.4 Å². The fraction of sp³-hybridized carbons (Fsp3) is 0.750. The van der Waals surface area contributed by atoms with E-state index < -0.39 is 0 Å². The fourth-order valence-electron chi connectivity index (χ4n) is 1.72. The second-order valence-electron chi connectivity index (χ2n) is 4.03. The van der Waals surface area contributed by atoms with Crippen molar-refractivity contribution in [2.75, 3.05) is 33.4 Å². The average Bonchev–Trinajstić information content (AvgIpc) is 2.82. The van der Waals surface area contributed by atoms with Crippen molar-refractivity contribution in [3.63, 3.8) is 0 Å². The van der Waals surface area contributed by atoms with Crippen LogP contribution in [0.15, 0.2) is 12.7 Å². The second kappa shape index (κ2) is 8.22. The van der Waals surface area contributed by atoms with Gasteiger partial charge in [-0.25, -0.2) is 0 Å². The summed E-state index contributed by atoms with van der Waals surface area (Å²) in [5.74, 6) is 0.0249. The molecule has 98 valence electrons. The van der Waals surface area contributed by atoms with Crippen molar-refractivity contribution in [3.8, 4) is 0 Å². The monoisotopic (exact) mass is 242 g/mol. The molecule has 1 amide bonds. The fourth-order valence-corrected chi connectivity index (χ4v) is 1.72. The van der Waals surface area contributed by atoms with E-state index >= 15 is 0 Å². The number of rotatable bonds is 8. The molecule has 0 spiro atoms. The first-order valence-corrected chi connectivity index (χ1v) is 6.00. The Morgan fingerprint density at radius 3 is 3.06 bits per heavy atom. The first-order valence-electron chi connectivity index (χ1n) is 6.00. The van der Waals surface area contributed by atoms with Gasteiger partial charge in [-0.2, -0.15) is 0 Å². The molecule has 1 fully saturated rings. The molecule has 0 aromatic carbocycles. The number of carbonyl (C=O) groups is 1. The molecule has 5 nitrogen and oxygen atoms in total. The van der Waals surface area contributed by atoms with Gasteiger partial charge in [0.1, 0.15) is 0 Å². The van der Waals surface area contributed by atoms with E-state index in [1.165, 1.54) is 0 Å². The molecule has 0 aliphatic carbocycles. The minimum Gasteiger partial charge on any atom is -0.380 e. The summed E-state index contributed by atoms with van der Waals surface area (Å²) in [6.07, 6.45) is 3.54. The minimum atomic E-state index is -0.131. The molecule has 1 rings (SSSR count). The van der Waals surface area contributed by atoms with E-state index in [4.69, 9.17) is 9.47 Å². The van der Waals surface area contributed by atoms with Crippen LogP contribution in [0, 0.1) is 0 Å². The number of amides is 1. The number of methoxy groups -OCH3 is 1. The molecule has 1 heterocycles. The van der Waals surface area contributed by atoms with Crippen LogP contribution in [0.5, 0.6) is 0 Å². The summed E-state index contributed by atoms with van der Waals surface area (Å²) in [5, 5.41) is 5.97. The number of ether oxygens (including phenoxy) is 2. The number of carbonyl (C=O) groups excluding carboxylic acids is 1. The SMILES string of the molecule is C=CCCOCCNC(=O)C1CC(OC)CN1. The maximum atomic E-state index is 11.7. The third-order valence-electron chi connectivity index (χ3n) is 2.75. The highest BCUT2D eigenvalue weighted by molar-refractivity contribution is 5.82. The minimum absolute atomic E-state index is 0.0249. The number of hydrogen-bond donors (Lipinski definition) is 2. The van der Waals surface area contributed by atoms with E-state index in [0.29, 0.717) is 19.8 Å². The molecule has 1 aliphatic rings. The molecule has 0 aromatic rings. The van der Waals surface area contributed by atoms with Crippen molar-refractivity contribution in [2.45, 2.75) is 25.0 Å². The van der Waals surface area contributed by atoms with Gasteiger partial charge in [0.15, 0.2) is 0 Å². The lowest BCUT2D eigenvalue weighted by atomic mass is 10.2. The summed E-state index contributed by atoms with van der Waals surface area (Å²) < 4.78 is 10.5. The maximum Gasteiger partial charge on any atom is 0.237 e. The van der Waals surface area contributed by atoms with Gasteiger partial charge in [-0.05, 0) is 12.8 Å². The molecule has 2 atom stereocenters. The maximum absolute atomic E-state index is 11.7. The lowest BCUT2D eigenvalue weighted by Gasteiger charge is -2.11. The Morgan fingerprint density at radius 2 is 2.41 bits per heavy atom. The van der Waals surface area contributed by atoms with Crippen LogP contribution in [0.4, 0.5) is 0 Å². The highest BCUT2D eigenvalue weighted by Crippen LogP contribution is 2.09. The van der Waals surface area contributed by atoms with Gasteiger partial charge in [0, 0.05) is 20.2 Å². The van der Waals surface area contributed by atoms with Crippen molar-refractivity contribution in [1.29, 1.82) is 0 Å². The van der Waals surface area contributed by atoms with Crippen LogP contribution in [0.3, 0.4) is 0 Å². The van der Waals surface area contributed by atoms with Crippen LogP contribution >= 0.6 is 0 Å². The molecule has 0 radical (unpaired) electrons. The van der Waals surface area contributed by atoms with Crippen LogP contribution in [0.25, 0.3) is 0 Å². The zero-order valence-electron chi connectivity index (χ0n) is 10.4. The standard InChI is InChI=1S/C12H22N2O3/c1-3-4-6-17-7-5-13-12(15)11-8-10(16-2)9-14-11/h3,10-11,14H,1,4-9H2,2H3,(H,13,15). The highest BCUT2D eigenvalue weighted by Gasteiger charge is 2.28. The molecule has 17 heavy (non-hydrogen) atoms. The smallest absolute Gasteiger partial charge is 0.237 e. The Morgan fingerprint density at radius 1 is 1.59 bits per heavy atom. The summed E-state index contributed by atoms with van der Waals surface area (Å²) in [5.41, 5.74) is 0. The third kappa shape index (κ3) is 5.30. The molecule has 2 N–H and O–H groups in total. The Bertz CT molecular complexity index is 246. The van der Waals surface area contributed by atoms with Crippen LogP contribution in [0.1, 0.15) is 12.8 Å². The first kappa shape index (κ1) is 14.2. The van der Waals surface area contributed by atoms with Gasteiger partial charge in [-0.3, -0.25) is 4.79 Å². The zero-order valence-corrected chi connectivity index (χ0v) is 10.4. The molecular formula is C12H22N2O3. The van der Waals surface area contributed by atoms with Gasteiger partial charge >= 0.3 is 0 Å². The van der Waals surface area contributed by atoms with Crippen molar-refractivity contribution < 1.29 is 14.3 Å². The number of nitrogens with one attached hydrogen (secondary N) is 2. The van der Waals surface area contributed by atoms with Crippen LogP contribution in [-0.4, -0.2) is 51.5 Å². The normalized spacial score (nSPS) is 23.6. The summed E-state index contributed by atoms with van der Waals surface area (Å²) in [6.45, 7) is 6.09. The van der Waals surface area contributed by atoms with Crippen molar-refractivity contribution in [3.05, 3.63) is 12.7 Å². The Balaban J connectivity index is 2.03. The molecule has 5 heteroatoms. The van der Waals surface area contributed by atoms with E-state index in [1.54, 1.807) is 7.11 Å². The molecule has 1 saturated heterocycles. The second-order valence-corrected chi connectivity index (χ2v) is 4.03. The summed E-state index contributed by atoms with van der Waals surface area (Å²) in [4.78, 5) is 11.7. The van der Waals surface area contributed by atoms with Crippen molar-refractivity contribution >= 4 is 5.91 Å². The van der Waals surface area contributed by atoms with Crippen molar-refractivity contribution in [1.82, 2.24) is 10.6 Å². The van der Waals surface area contributed by atoms with Crippen LogP contribution in [-0.2, 0) is 14.3 Å². The van der Waals surface area contributed by atoms with E-state index in [1.807, 2.05) is 6.08 Å². The molecular weight excluding hydrogens is 220 g/mol. The van der Waals surface area contributed by atoms with Gasteiger partial charge in [0.05, 0.1) is 25.4 Å². The van der Waals surface area contributed by atoms with Gasteiger partial charge in [0.2, 0.25) is 5.91 Å². The predicted molar refractivity (Wildman–Crippen MR) is 65.8 cm³/mol. The lowest BCUT2D eigenvalue weighted by molar-refractivity contribution is -0.123. The summed E-state index contributed by atoms with van der Waals surface area (Å²) >= 11 is 0. The Kier molecular flexibility index (Phi) is 6.84. The molecule has 2 unspecified atom stereocenters. The molecule has 1 aliphatic heterocycles. The quantitative estimate of drug-likeness (QED) is 0.467. The van der Waals surface area contributed by atoms with Crippen molar-refractivity contribution in [2.24, 2.45) is 0 Å². The Hall–Kier alpha value is -0.910. The van der Waals surface area contributed by atoms with Gasteiger partial charge in [0.25, 0.3) is 0 Å². The molecule has 0 saturated carbocycles. The topological polar surface area (TPSA) is 59.6 Å². The first-order chi connectivity index (χ1) is 8.27. The van der Waals surface area contributed by atoms with Gasteiger partial charge in [-0.15, -0.1) is 6.58 Å². The summed E-state index contributed by atoms with van der Waals surface area (Å²) in [6, 6.07) is -0.131. The third-order valence-corrected chi connectivity index (χ3v) is 2.75. The molecule has 0 aromatic heterocycles. The highest BCUT2D eigenvalue weighted by atomic mass is 16.5. The van der Waals surface area contributed by atoms with E-state index in [9.17, 15) is 4.79 Å². The predicted octanol–water partition coefficient (Wildman–Crippen LogP) is 0.0722. The summed E-state index contributed by atoms with van der Waals surface area (Å²) in [7, 11) is 1.67. The average molecular weight is 242 g/mol. The Labute approximate surface area is 103 Å². The lowest BCUT2D eigenvalue weighted by Crippen LogP contribution is -2.41. The van der Waals surface area contributed by atoms with Gasteiger partial charge in [-0.1, -0.05) is 6.08 Å². The number of hydrogen-bond acceptors (Lipinski definition) is 4. The van der Waals surface area contributed by atoms with E-state index in [-0.39, 0.29) is 18.1 Å². The van der Waals surface area contributed by atoms with Crippen LogP contribution in [0.2, 0.25) is 0 Å². The largest absolute Gasteiger partial charge is 0.380 e. The van der Waals surface area contributed by atoms with Gasteiger partial charge < -0.3 is 20.1 Å². The zero-order chi connectivity index (χ0) is 12.5. The van der Waals surface area contributed by atoms with E-state index in [2.05, 4.69) is 17.2 Å². The van der Waals surface area contributed by atoms with Crippen LogP contribution < -0.4 is 10.6 Å². The molecule has 0 bridgehead atoms.